The molecule has 4 nitrogen and oxygen atoms in total. The van der Waals surface area contributed by atoms with Gasteiger partial charge in [0.15, 0.2) is 0 Å². The molecular weight excluding hydrogens is 332 g/mol. The second kappa shape index (κ2) is 5.61. The Balaban J connectivity index is 1.88. The predicted octanol–water partition coefficient (Wildman–Crippen LogP) is 4.20. The fourth-order valence-corrected chi connectivity index (χ4v) is 3.14. The lowest BCUT2D eigenvalue weighted by atomic mass is 10.0. The van der Waals surface area contributed by atoms with Gasteiger partial charge in [-0.05, 0) is 18.2 Å². The van der Waals surface area contributed by atoms with Crippen LogP contribution in [0.4, 0.5) is 8.78 Å². The Labute approximate surface area is 138 Å². The molecule has 1 N–H and O–H groups in total. The van der Waals surface area contributed by atoms with Crippen molar-refractivity contribution >= 4 is 28.2 Å². The van der Waals surface area contributed by atoms with Gasteiger partial charge in [-0.15, -0.1) is 11.3 Å². The summed E-state index contributed by atoms with van der Waals surface area (Å²) in [5.41, 5.74) is 2.56. The summed E-state index contributed by atoms with van der Waals surface area (Å²) in [4.78, 5) is 24.6. The van der Waals surface area contributed by atoms with Crippen LogP contribution in [-0.2, 0) is 0 Å². The first-order valence-electron chi connectivity index (χ1n) is 7.00. The van der Waals surface area contributed by atoms with Gasteiger partial charge >= 0.3 is 0 Å². The number of fused-ring (bicyclic) bond motifs is 1. The Bertz CT molecular complexity index is 1040. The van der Waals surface area contributed by atoms with Crippen molar-refractivity contribution in [3.05, 3.63) is 71.1 Å². The summed E-state index contributed by atoms with van der Waals surface area (Å²) in [6.07, 6.45) is 4.77. The Morgan fingerprint density at radius 1 is 1.17 bits per heavy atom. The molecule has 0 amide bonds. The van der Waals surface area contributed by atoms with Crippen molar-refractivity contribution in [3.63, 3.8) is 0 Å². The van der Waals surface area contributed by atoms with E-state index in [2.05, 4.69) is 15.0 Å². The van der Waals surface area contributed by atoms with Crippen LogP contribution in [0.3, 0.4) is 0 Å². The number of carbonyl (C=O) groups excluding carboxylic acids is 1. The summed E-state index contributed by atoms with van der Waals surface area (Å²) in [6, 6.07) is 5.11. The zero-order valence-electron chi connectivity index (χ0n) is 12.1. The highest BCUT2D eigenvalue weighted by Gasteiger charge is 2.22. The van der Waals surface area contributed by atoms with E-state index in [-0.39, 0.29) is 5.56 Å². The number of pyridine rings is 1. The molecule has 1 aromatic carbocycles. The van der Waals surface area contributed by atoms with Crippen LogP contribution in [0.15, 0.2) is 48.4 Å². The van der Waals surface area contributed by atoms with E-state index in [9.17, 15) is 13.6 Å². The maximum absolute atomic E-state index is 13.9. The monoisotopic (exact) mass is 341 g/mol. The highest BCUT2D eigenvalue weighted by Crippen LogP contribution is 2.28. The van der Waals surface area contributed by atoms with Gasteiger partial charge in [0.05, 0.1) is 16.0 Å². The minimum Gasteiger partial charge on any atom is -0.345 e. The number of H-pyrrole nitrogens is 1. The number of thiazole rings is 1. The van der Waals surface area contributed by atoms with E-state index < -0.39 is 23.0 Å². The van der Waals surface area contributed by atoms with E-state index in [1.54, 1.807) is 24.0 Å². The predicted molar refractivity (Wildman–Crippen MR) is 87.0 cm³/mol. The first-order valence-corrected chi connectivity index (χ1v) is 7.88. The fraction of sp³-hybridized carbons (Fsp3) is 0. The number of ketones is 1. The molecule has 118 valence electrons. The van der Waals surface area contributed by atoms with E-state index in [4.69, 9.17) is 0 Å². The molecule has 0 fully saturated rings. The lowest BCUT2D eigenvalue weighted by Gasteiger charge is -2.04. The zero-order valence-corrected chi connectivity index (χ0v) is 12.9. The molecule has 0 aliphatic rings. The maximum atomic E-state index is 13.9. The fourth-order valence-electron chi connectivity index (χ4n) is 2.53. The minimum absolute atomic E-state index is 0.174. The molecule has 0 radical (unpaired) electrons. The number of benzene rings is 1. The van der Waals surface area contributed by atoms with Gasteiger partial charge in [0.2, 0.25) is 5.78 Å². The number of nitrogens with one attached hydrogen (secondary N) is 1. The van der Waals surface area contributed by atoms with Gasteiger partial charge in [-0.25, -0.2) is 13.8 Å². The molecule has 0 unspecified atom stereocenters. The highest BCUT2D eigenvalue weighted by atomic mass is 32.1. The Morgan fingerprint density at radius 3 is 2.67 bits per heavy atom. The third-order valence-electron chi connectivity index (χ3n) is 3.68. The second-order valence-electron chi connectivity index (χ2n) is 5.11. The minimum atomic E-state index is -0.888. The first kappa shape index (κ1) is 14.6. The van der Waals surface area contributed by atoms with Crippen molar-refractivity contribution in [3.8, 4) is 10.4 Å². The lowest BCUT2D eigenvalue weighted by molar-refractivity contribution is 0.103. The summed E-state index contributed by atoms with van der Waals surface area (Å²) in [7, 11) is 0. The van der Waals surface area contributed by atoms with Crippen LogP contribution < -0.4 is 0 Å². The number of hydrogen-bond donors (Lipinski definition) is 1. The maximum Gasteiger partial charge on any atom is 0.201 e. The smallest absolute Gasteiger partial charge is 0.201 e. The molecule has 0 saturated heterocycles. The molecule has 0 aliphatic heterocycles. The zero-order chi connectivity index (χ0) is 16.7. The molecule has 0 spiro atoms. The largest absolute Gasteiger partial charge is 0.345 e. The van der Waals surface area contributed by atoms with E-state index >= 15 is 0 Å². The molecule has 4 aromatic rings. The molecule has 3 heterocycles. The number of aromatic nitrogens is 3. The highest BCUT2D eigenvalue weighted by molar-refractivity contribution is 7.13. The third kappa shape index (κ3) is 2.30. The van der Waals surface area contributed by atoms with Gasteiger partial charge in [0, 0.05) is 35.1 Å². The molecular formula is C17H9F2N3OS. The number of nitrogens with zero attached hydrogens (tertiary/aromatic N) is 2. The molecule has 24 heavy (non-hydrogen) atoms. The SMILES string of the molecule is O=C(c1c(F)cccc1F)c1c[nH]c2ncc(-c3cncs3)cc12. The molecule has 4 rings (SSSR count). The van der Waals surface area contributed by atoms with Crippen LogP contribution in [0.2, 0.25) is 0 Å². The van der Waals surface area contributed by atoms with Gasteiger partial charge in [0.1, 0.15) is 17.3 Å². The van der Waals surface area contributed by atoms with E-state index in [1.807, 2.05) is 0 Å². The lowest BCUT2D eigenvalue weighted by Crippen LogP contribution is -2.06. The summed E-state index contributed by atoms with van der Waals surface area (Å²) < 4.78 is 27.8. The summed E-state index contributed by atoms with van der Waals surface area (Å²) in [5.74, 6) is -2.50. The molecule has 7 heteroatoms. The average molecular weight is 341 g/mol. The van der Waals surface area contributed by atoms with Gasteiger partial charge in [0.25, 0.3) is 0 Å². The Hall–Kier alpha value is -2.93. The van der Waals surface area contributed by atoms with Crippen molar-refractivity contribution in [1.82, 2.24) is 15.0 Å². The number of aromatic amines is 1. The van der Waals surface area contributed by atoms with E-state index in [0.717, 1.165) is 22.6 Å². The second-order valence-corrected chi connectivity index (χ2v) is 6.00. The Morgan fingerprint density at radius 2 is 1.96 bits per heavy atom. The van der Waals surface area contributed by atoms with Gasteiger partial charge in [-0.3, -0.25) is 9.78 Å². The van der Waals surface area contributed by atoms with Crippen molar-refractivity contribution in [1.29, 1.82) is 0 Å². The van der Waals surface area contributed by atoms with Gasteiger partial charge in [-0.2, -0.15) is 0 Å². The number of carbonyl (C=O) groups is 1. The molecule has 0 bridgehead atoms. The number of rotatable bonds is 3. The van der Waals surface area contributed by atoms with Gasteiger partial charge < -0.3 is 4.98 Å². The van der Waals surface area contributed by atoms with Crippen LogP contribution in [0.25, 0.3) is 21.5 Å². The summed E-state index contributed by atoms with van der Waals surface area (Å²) in [5, 5.41) is 0.508. The van der Waals surface area contributed by atoms with Crippen LogP contribution in [0.1, 0.15) is 15.9 Å². The van der Waals surface area contributed by atoms with Crippen molar-refractivity contribution < 1.29 is 13.6 Å². The Kier molecular flexibility index (Phi) is 3.42. The van der Waals surface area contributed by atoms with Crippen molar-refractivity contribution in [2.24, 2.45) is 0 Å². The molecule has 3 aromatic heterocycles. The topological polar surface area (TPSA) is 58.6 Å². The van der Waals surface area contributed by atoms with Gasteiger partial charge in [-0.1, -0.05) is 6.07 Å². The van der Waals surface area contributed by atoms with Crippen LogP contribution in [-0.4, -0.2) is 20.7 Å². The molecule has 0 saturated carbocycles. The first-order chi connectivity index (χ1) is 11.6. The van der Waals surface area contributed by atoms with Crippen LogP contribution in [0, 0.1) is 11.6 Å². The van der Waals surface area contributed by atoms with E-state index in [0.29, 0.717) is 11.0 Å². The average Bonchev–Trinajstić information content (AvgIpc) is 3.23. The van der Waals surface area contributed by atoms with E-state index in [1.165, 1.54) is 23.6 Å². The quantitative estimate of drug-likeness (QED) is 0.568. The molecule has 0 atom stereocenters. The van der Waals surface area contributed by atoms with Crippen molar-refractivity contribution in [2.45, 2.75) is 0 Å². The third-order valence-corrected chi connectivity index (χ3v) is 4.50. The van der Waals surface area contributed by atoms with Crippen LogP contribution >= 0.6 is 11.3 Å². The summed E-state index contributed by atoms with van der Waals surface area (Å²) >= 11 is 1.44. The molecule has 0 aliphatic carbocycles. The number of halogens is 2. The normalized spacial score (nSPS) is 11.1. The van der Waals surface area contributed by atoms with Crippen LogP contribution in [0.5, 0.6) is 0 Å². The standard InChI is InChI=1S/C17H9F2N3OS/c18-12-2-1-3-13(19)15(12)16(23)11-6-22-17-10(11)4-9(5-21-17)14-7-20-8-24-14/h1-8H,(H,21,22). The summed E-state index contributed by atoms with van der Waals surface area (Å²) in [6.45, 7) is 0. The number of hydrogen-bond acceptors (Lipinski definition) is 4. The van der Waals surface area contributed by atoms with Crippen molar-refractivity contribution in [2.75, 3.05) is 0 Å².